The monoisotopic (exact) mass is 248 g/mol. The van der Waals surface area contributed by atoms with Crippen molar-refractivity contribution in [3.8, 4) is 0 Å². The second-order valence-corrected chi connectivity index (χ2v) is 5.59. The zero-order valence-corrected chi connectivity index (χ0v) is 12.3. The maximum absolute atomic E-state index is 6.39. The van der Waals surface area contributed by atoms with Crippen LogP contribution in [0, 0.1) is 0 Å². The quantitative estimate of drug-likeness (QED) is 0.803. The first-order valence-corrected chi connectivity index (χ1v) is 6.97. The Kier molecular flexibility index (Phi) is 5.83. The minimum absolute atomic E-state index is 0.108. The number of aryl methyl sites for hydroxylation is 1. The van der Waals surface area contributed by atoms with E-state index in [0.717, 1.165) is 25.7 Å². The molecule has 0 amide bonds. The first-order valence-electron chi connectivity index (χ1n) is 6.97. The van der Waals surface area contributed by atoms with Gasteiger partial charge >= 0.3 is 0 Å². The van der Waals surface area contributed by atoms with Crippen LogP contribution in [0.1, 0.15) is 38.7 Å². The van der Waals surface area contributed by atoms with Gasteiger partial charge in [0, 0.05) is 11.6 Å². The fourth-order valence-electron chi connectivity index (χ4n) is 2.39. The molecule has 0 radical (unpaired) electrons. The smallest absolute Gasteiger partial charge is 0.0323 e. The molecule has 1 aromatic carbocycles. The van der Waals surface area contributed by atoms with E-state index in [9.17, 15) is 0 Å². The fourth-order valence-corrected chi connectivity index (χ4v) is 2.39. The molecular weight excluding hydrogens is 220 g/mol. The fraction of sp³-hybridized carbons (Fsp3) is 0.625. The molecule has 18 heavy (non-hydrogen) atoms. The topological polar surface area (TPSA) is 29.3 Å². The van der Waals surface area contributed by atoms with Crippen molar-refractivity contribution in [1.82, 2.24) is 4.90 Å². The molecule has 0 spiro atoms. The molecule has 0 bridgehead atoms. The summed E-state index contributed by atoms with van der Waals surface area (Å²) in [5, 5.41) is 0. The standard InChI is InChI=1S/C16H28N2/c1-5-16(2,18(3)4)15(17)13-9-12-14-10-7-6-8-11-14/h6-8,10-11,15H,5,9,12-13,17H2,1-4H3. The Morgan fingerprint density at radius 3 is 2.33 bits per heavy atom. The Morgan fingerprint density at radius 2 is 1.83 bits per heavy atom. The van der Waals surface area contributed by atoms with Crippen LogP contribution in [-0.4, -0.2) is 30.6 Å². The minimum Gasteiger partial charge on any atom is -0.326 e. The lowest BCUT2D eigenvalue weighted by Gasteiger charge is -2.41. The Hall–Kier alpha value is -0.860. The third-order valence-corrected chi connectivity index (χ3v) is 4.36. The van der Waals surface area contributed by atoms with Gasteiger partial charge in [-0.05, 0) is 52.3 Å². The van der Waals surface area contributed by atoms with Crippen molar-refractivity contribution in [3.63, 3.8) is 0 Å². The number of rotatable bonds is 7. The molecule has 0 heterocycles. The molecule has 0 aliphatic heterocycles. The van der Waals surface area contributed by atoms with E-state index in [2.05, 4.69) is 63.2 Å². The van der Waals surface area contributed by atoms with Crippen molar-refractivity contribution in [1.29, 1.82) is 0 Å². The second kappa shape index (κ2) is 6.91. The van der Waals surface area contributed by atoms with Gasteiger partial charge < -0.3 is 10.6 Å². The first kappa shape index (κ1) is 15.2. The summed E-state index contributed by atoms with van der Waals surface area (Å²) in [6.45, 7) is 4.48. The highest BCUT2D eigenvalue weighted by Gasteiger charge is 2.31. The van der Waals surface area contributed by atoms with Gasteiger partial charge in [0.05, 0.1) is 0 Å². The molecule has 1 rings (SSSR count). The summed E-state index contributed by atoms with van der Waals surface area (Å²) in [5.41, 5.74) is 7.90. The van der Waals surface area contributed by atoms with E-state index in [1.165, 1.54) is 5.56 Å². The molecule has 2 heteroatoms. The second-order valence-electron chi connectivity index (χ2n) is 5.59. The molecule has 2 atom stereocenters. The van der Waals surface area contributed by atoms with Gasteiger partial charge in [0.2, 0.25) is 0 Å². The summed E-state index contributed by atoms with van der Waals surface area (Å²) >= 11 is 0. The summed E-state index contributed by atoms with van der Waals surface area (Å²) in [6, 6.07) is 10.9. The maximum atomic E-state index is 6.39. The summed E-state index contributed by atoms with van der Waals surface area (Å²) in [5.74, 6) is 0. The molecule has 2 N–H and O–H groups in total. The molecule has 0 aliphatic rings. The predicted octanol–water partition coefficient (Wildman–Crippen LogP) is 3.07. The third-order valence-electron chi connectivity index (χ3n) is 4.36. The van der Waals surface area contributed by atoms with Crippen molar-refractivity contribution in [2.45, 2.75) is 51.1 Å². The van der Waals surface area contributed by atoms with E-state index in [-0.39, 0.29) is 11.6 Å². The molecular formula is C16H28N2. The summed E-state index contributed by atoms with van der Waals surface area (Å²) in [4.78, 5) is 2.26. The van der Waals surface area contributed by atoms with Crippen LogP contribution in [0.4, 0.5) is 0 Å². The number of nitrogens with zero attached hydrogens (tertiary/aromatic N) is 1. The zero-order chi connectivity index (χ0) is 13.6. The Morgan fingerprint density at radius 1 is 1.22 bits per heavy atom. The van der Waals surface area contributed by atoms with Crippen molar-refractivity contribution >= 4 is 0 Å². The highest BCUT2D eigenvalue weighted by atomic mass is 15.2. The first-order chi connectivity index (χ1) is 8.50. The van der Waals surface area contributed by atoms with E-state index in [1.54, 1.807) is 0 Å². The van der Waals surface area contributed by atoms with Crippen LogP contribution >= 0.6 is 0 Å². The molecule has 0 fully saturated rings. The van der Waals surface area contributed by atoms with E-state index in [1.807, 2.05) is 0 Å². The third kappa shape index (κ3) is 3.82. The summed E-state index contributed by atoms with van der Waals surface area (Å²) < 4.78 is 0. The van der Waals surface area contributed by atoms with Crippen LogP contribution in [0.3, 0.4) is 0 Å². The van der Waals surface area contributed by atoms with E-state index in [4.69, 9.17) is 5.73 Å². The Bertz CT molecular complexity index is 334. The van der Waals surface area contributed by atoms with Gasteiger partial charge in [-0.2, -0.15) is 0 Å². The predicted molar refractivity (Wildman–Crippen MR) is 79.7 cm³/mol. The van der Waals surface area contributed by atoms with Crippen molar-refractivity contribution in [2.75, 3.05) is 14.1 Å². The normalized spacial score (nSPS) is 16.6. The lowest BCUT2D eigenvalue weighted by molar-refractivity contribution is 0.126. The van der Waals surface area contributed by atoms with Gasteiger partial charge in [0.25, 0.3) is 0 Å². The highest BCUT2D eigenvalue weighted by molar-refractivity contribution is 5.14. The molecule has 2 unspecified atom stereocenters. The Labute approximate surface area is 112 Å². The average Bonchev–Trinajstić information content (AvgIpc) is 2.38. The van der Waals surface area contributed by atoms with Gasteiger partial charge in [-0.15, -0.1) is 0 Å². The number of hydrogen-bond acceptors (Lipinski definition) is 2. The van der Waals surface area contributed by atoms with Crippen LogP contribution in [0.25, 0.3) is 0 Å². The molecule has 1 aromatic rings. The summed E-state index contributed by atoms with van der Waals surface area (Å²) in [7, 11) is 4.25. The molecule has 0 aliphatic carbocycles. The lowest BCUT2D eigenvalue weighted by atomic mass is 9.85. The zero-order valence-electron chi connectivity index (χ0n) is 12.3. The number of benzene rings is 1. The van der Waals surface area contributed by atoms with Gasteiger partial charge in [0.15, 0.2) is 0 Å². The van der Waals surface area contributed by atoms with Crippen LogP contribution in [-0.2, 0) is 6.42 Å². The molecule has 102 valence electrons. The van der Waals surface area contributed by atoms with Crippen molar-refractivity contribution in [3.05, 3.63) is 35.9 Å². The SMILES string of the molecule is CCC(C)(C(N)CCCc1ccccc1)N(C)C. The van der Waals surface area contributed by atoms with Crippen molar-refractivity contribution < 1.29 is 0 Å². The van der Waals surface area contributed by atoms with Crippen molar-refractivity contribution in [2.24, 2.45) is 5.73 Å². The van der Waals surface area contributed by atoms with Gasteiger partial charge in [-0.25, -0.2) is 0 Å². The average molecular weight is 248 g/mol. The molecule has 0 saturated heterocycles. The number of nitrogens with two attached hydrogens (primary N) is 1. The molecule has 2 nitrogen and oxygen atoms in total. The summed E-state index contributed by atoms with van der Waals surface area (Å²) in [6.07, 6.45) is 4.46. The number of hydrogen-bond donors (Lipinski definition) is 1. The van der Waals surface area contributed by atoms with E-state index in [0.29, 0.717) is 0 Å². The van der Waals surface area contributed by atoms with Crippen LogP contribution in [0.2, 0.25) is 0 Å². The Balaban J connectivity index is 2.43. The lowest BCUT2D eigenvalue weighted by Crippen LogP contribution is -2.54. The van der Waals surface area contributed by atoms with E-state index < -0.39 is 0 Å². The largest absolute Gasteiger partial charge is 0.326 e. The molecule has 0 saturated carbocycles. The van der Waals surface area contributed by atoms with Crippen LogP contribution in [0.15, 0.2) is 30.3 Å². The van der Waals surface area contributed by atoms with E-state index >= 15 is 0 Å². The highest BCUT2D eigenvalue weighted by Crippen LogP contribution is 2.23. The van der Waals surface area contributed by atoms with Gasteiger partial charge in [-0.3, -0.25) is 0 Å². The van der Waals surface area contributed by atoms with Crippen LogP contribution in [0.5, 0.6) is 0 Å². The van der Waals surface area contributed by atoms with Gasteiger partial charge in [0.1, 0.15) is 0 Å². The number of likely N-dealkylation sites (N-methyl/N-ethyl adjacent to an activating group) is 1. The van der Waals surface area contributed by atoms with Gasteiger partial charge in [-0.1, -0.05) is 37.3 Å². The van der Waals surface area contributed by atoms with Crippen LogP contribution < -0.4 is 5.73 Å². The molecule has 0 aromatic heterocycles. The minimum atomic E-state index is 0.108. The maximum Gasteiger partial charge on any atom is 0.0323 e.